The third-order valence-electron chi connectivity index (χ3n) is 5.56. The van der Waals surface area contributed by atoms with Crippen molar-refractivity contribution in [2.45, 2.75) is 44.1 Å². The average molecular weight is 315 g/mol. The number of benzene rings is 1. The monoisotopic (exact) mass is 315 g/mol. The van der Waals surface area contributed by atoms with Crippen LogP contribution in [0.2, 0.25) is 0 Å². The van der Waals surface area contributed by atoms with Gasteiger partial charge in [-0.3, -0.25) is 9.69 Å². The van der Waals surface area contributed by atoms with E-state index >= 15 is 0 Å². The fourth-order valence-corrected chi connectivity index (χ4v) is 4.04. The molecule has 2 aliphatic rings. The molecule has 23 heavy (non-hydrogen) atoms. The van der Waals surface area contributed by atoms with Crippen LogP contribution in [0.5, 0.6) is 0 Å². The van der Waals surface area contributed by atoms with Gasteiger partial charge in [0.1, 0.15) is 0 Å². The minimum absolute atomic E-state index is 0.145. The van der Waals surface area contributed by atoms with Gasteiger partial charge in [-0.15, -0.1) is 0 Å². The molecular weight excluding hydrogens is 286 g/mol. The molecule has 0 bridgehead atoms. The molecule has 126 valence electrons. The van der Waals surface area contributed by atoms with Crippen molar-refractivity contribution in [1.29, 1.82) is 0 Å². The third-order valence-corrected chi connectivity index (χ3v) is 5.56. The number of rotatable bonds is 5. The van der Waals surface area contributed by atoms with E-state index < -0.39 is 0 Å². The van der Waals surface area contributed by atoms with E-state index in [2.05, 4.69) is 52.8 Å². The second kappa shape index (κ2) is 7.45. The molecule has 0 aromatic heterocycles. The van der Waals surface area contributed by atoms with Crippen LogP contribution in [0.4, 0.5) is 0 Å². The summed E-state index contributed by atoms with van der Waals surface area (Å²) < 4.78 is 0. The van der Waals surface area contributed by atoms with Crippen LogP contribution in [-0.2, 0) is 10.2 Å². The van der Waals surface area contributed by atoms with Crippen molar-refractivity contribution in [2.24, 2.45) is 0 Å². The summed E-state index contributed by atoms with van der Waals surface area (Å²) in [7, 11) is 0. The number of carbonyl (C=O) groups excluding carboxylic acids is 1. The minimum atomic E-state index is 0.145. The maximum atomic E-state index is 12.4. The summed E-state index contributed by atoms with van der Waals surface area (Å²) in [4.78, 5) is 14.7. The second-order valence-electron chi connectivity index (χ2n) is 7.15. The van der Waals surface area contributed by atoms with E-state index in [0.717, 1.165) is 26.2 Å². The van der Waals surface area contributed by atoms with Crippen LogP contribution in [0.3, 0.4) is 0 Å². The van der Waals surface area contributed by atoms with Crippen LogP contribution < -0.4 is 10.6 Å². The van der Waals surface area contributed by atoms with E-state index in [1.807, 2.05) is 0 Å². The molecule has 4 heteroatoms. The van der Waals surface area contributed by atoms with Gasteiger partial charge in [-0.25, -0.2) is 0 Å². The van der Waals surface area contributed by atoms with Crippen molar-refractivity contribution in [3.63, 3.8) is 0 Å². The van der Waals surface area contributed by atoms with Crippen LogP contribution in [0.15, 0.2) is 30.3 Å². The van der Waals surface area contributed by atoms with E-state index in [1.54, 1.807) is 0 Å². The Bertz CT molecular complexity index is 511. The molecule has 3 rings (SSSR count). The van der Waals surface area contributed by atoms with Crippen molar-refractivity contribution in [2.75, 3.05) is 32.7 Å². The van der Waals surface area contributed by atoms with E-state index in [9.17, 15) is 4.79 Å². The lowest BCUT2D eigenvalue weighted by atomic mass is 9.79. The first-order chi connectivity index (χ1) is 11.2. The lowest BCUT2D eigenvalue weighted by molar-refractivity contribution is -0.123. The summed E-state index contributed by atoms with van der Waals surface area (Å²) in [5, 5.41) is 6.60. The molecule has 1 atom stereocenters. The summed E-state index contributed by atoms with van der Waals surface area (Å²) in [5.74, 6) is 0.168. The first-order valence-electron chi connectivity index (χ1n) is 8.97. The summed E-state index contributed by atoms with van der Waals surface area (Å²) in [6.45, 7) is 6.39. The molecule has 1 saturated heterocycles. The van der Waals surface area contributed by atoms with Crippen molar-refractivity contribution < 1.29 is 4.79 Å². The molecule has 1 amide bonds. The molecule has 1 aromatic carbocycles. The Labute approximate surface area is 139 Å². The second-order valence-corrected chi connectivity index (χ2v) is 7.15. The highest BCUT2D eigenvalue weighted by molar-refractivity contribution is 5.78. The van der Waals surface area contributed by atoms with Crippen LogP contribution in [0.1, 0.15) is 38.2 Å². The number of carbonyl (C=O) groups is 1. The lowest BCUT2D eigenvalue weighted by Crippen LogP contribution is -2.53. The Morgan fingerprint density at radius 2 is 2.04 bits per heavy atom. The maximum Gasteiger partial charge on any atom is 0.234 e. The van der Waals surface area contributed by atoms with Crippen LogP contribution in [0, 0.1) is 0 Å². The molecule has 0 unspecified atom stereocenters. The van der Waals surface area contributed by atoms with E-state index in [4.69, 9.17) is 0 Å². The highest BCUT2D eigenvalue weighted by Gasteiger charge is 2.35. The quantitative estimate of drug-likeness (QED) is 0.872. The fourth-order valence-electron chi connectivity index (χ4n) is 4.04. The van der Waals surface area contributed by atoms with Gasteiger partial charge in [0.25, 0.3) is 0 Å². The van der Waals surface area contributed by atoms with Crippen molar-refractivity contribution in [3.05, 3.63) is 35.9 Å². The van der Waals surface area contributed by atoms with E-state index in [0.29, 0.717) is 12.6 Å². The van der Waals surface area contributed by atoms with Crippen LogP contribution in [-0.4, -0.2) is 49.6 Å². The van der Waals surface area contributed by atoms with Gasteiger partial charge < -0.3 is 10.6 Å². The van der Waals surface area contributed by atoms with Gasteiger partial charge in [0.05, 0.1) is 6.54 Å². The lowest BCUT2D eigenvalue weighted by Gasteiger charge is -2.34. The number of nitrogens with one attached hydrogen (secondary N) is 2. The average Bonchev–Trinajstić information content (AvgIpc) is 3.06. The molecule has 2 fully saturated rings. The van der Waals surface area contributed by atoms with Gasteiger partial charge in [-0.05, 0) is 25.3 Å². The van der Waals surface area contributed by atoms with E-state index in [1.165, 1.54) is 31.2 Å². The van der Waals surface area contributed by atoms with Crippen molar-refractivity contribution >= 4 is 5.91 Å². The SMILES string of the molecule is C[C@@H]1CNCCN1CC(=O)NCC1(c2ccccc2)CCCC1. The minimum Gasteiger partial charge on any atom is -0.354 e. The van der Waals surface area contributed by atoms with Gasteiger partial charge in [-0.2, -0.15) is 0 Å². The smallest absolute Gasteiger partial charge is 0.234 e. The normalized spacial score (nSPS) is 24.5. The number of piperazine rings is 1. The molecule has 1 aliphatic carbocycles. The first kappa shape index (κ1) is 16.5. The molecular formula is C19H29N3O. The predicted octanol–water partition coefficient (Wildman–Crippen LogP) is 1.91. The Balaban J connectivity index is 1.58. The Kier molecular flexibility index (Phi) is 5.34. The molecule has 0 radical (unpaired) electrons. The molecule has 0 spiro atoms. The molecule has 1 aliphatic heterocycles. The highest BCUT2D eigenvalue weighted by atomic mass is 16.2. The van der Waals surface area contributed by atoms with Gasteiger partial charge >= 0.3 is 0 Å². The van der Waals surface area contributed by atoms with Gasteiger partial charge in [-0.1, -0.05) is 43.2 Å². The predicted molar refractivity (Wildman–Crippen MR) is 93.5 cm³/mol. The summed E-state index contributed by atoms with van der Waals surface area (Å²) in [6.07, 6.45) is 4.89. The number of hydrogen-bond acceptors (Lipinski definition) is 3. The molecule has 2 N–H and O–H groups in total. The molecule has 4 nitrogen and oxygen atoms in total. The van der Waals surface area contributed by atoms with E-state index in [-0.39, 0.29) is 11.3 Å². The van der Waals surface area contributed by atoms with Crippen molar-refractivity contribution in [1.82, 2.24) is 15.5 Å². The van der Waals surface area contributed by atoms with Gasteiger partial charge in [0.2, 0.25) is 5.91 Å². The topological polar surface area (TPSA) is 44.4 Å². The number of hydrogen-bond donors (Lipinski definition) is 2. The van der Waals surface area contributed by atoms with Gasteiger partial charge in [0.15, 0.2) is 0 Å². The van der Waals surface area contributed by atoms with Crippen LogP contribution in [0.25, 0.3) is 0 Å². The zero-order valence-corrected chi connectivity index (χ0v) is 14.2. The fraction of sp³-hybridized carbons (Fsp3) is 0.632. The number of amides is 1. The first-order valence-corrected chi connectivity index (χ1v) is 8.97. The maximum absolute atomic E-state index is 12.4. The summed E-state index contributed by atoms with van der Waals surface area (Å²) >= 11 is 0. The largest absolute Gasteiger partial charge is 0.354 e. The molecule has 1 aromatic rings. The summed E-state index contributed by atoms with van der Waals surface area (Å²) in [5.41, 5.74) is 1.53. The van der Waals surface area contributed by atoms with Crippen molar-refractivity contribution in [3.8, 4) is 0 Å². The van der Waals surface area contributed by atoms with Crippen LogP contribution >= 0.6 is 0 Å². The highest BCUT2D eigenvalue weighted by Crippen LogP contribution is 2.40. The Morgan fingerprint density at radius 1 is 1.30 bits per heavy atom. The standard InChI is InChI=1S/C19H29N3O/c1-16-13-20-11-12-22(16)14-18(23)21-15-19(9-5-6-10-19)17-7-3-2-4-8-17/h2-4,7-8,16,20H,5-6,9-15H2,1H3,(H,21,23)/t16-/m1/s1. The Morgan fingerprint density at radius 3 is 2.74 bits per heavy atom. The summed E-state index contributed by atoms with van der Waals surface area (Å²) in [6, 6.07) is 11.2. The zero-order chi connectivity index (χ0) is 16.1. The molecule has 1 saturated carbocycles. The number of nitrogens with zero attached hydrogens (tertiary/aromatic N) is 1. The Hall–Kier alpha value is -1.39. The molecule has 1 heterocycles. The van der Waals surface area contributed by atoms with Gasteiger partial charge in [0, 0.05) is 37.6 Å². The zero-order valence-electron chi connectivity index (χ0n) is 14.2. The third kappa shape index (κ3) is 3.93.